The van der Waals surface area contributed by atoms with Crippen LogP contribution in [0, 0.1) is 6.57 Å². The largest absolute Gasteiger partial charge is 0.309 e. The minimum absolute atomic E-state index is 0.231. The van der Waals surface area contributed by atoms with E-state index in [0.29, 0.717) is 5.69 Å². The third-order valence-corrected chi connectivity index (χ3v) is 10.7. The second-order valence-corrected chi connectivity index (χ2v) is 13.7. The molecule has 0 unspecified atom stereocenters. The molecule has 0 amide bonds. The van der Waals surface area contributed by atoms with E-state index in [9.17, 15) is 0 Å². The molecule has 2 heterocycles. The summed E-state index contributed by atoms with van der Waals surface area (Å²) in [5.74, 6) is 0. The number of rotatable bonds is 3. The molecule has 3 heteroatoms. The molecule has 0 saturated carbocycles. The molecule has 0 bridgehead atoms. The molecule has 230 valence electrons. The van der Waals surface area contributed by atoms with Crippen molar-refractivity contribution < 1.29 is 0 Å². The Hall–Kier alpha value is -6.37. The van der Waals surface area contributed by atoms with Gasteiger partial charge < -0.3 is 9.13 Å². The fourth-order valence-corrected chi connectivity index (χ4v) is 8.54. The highest BCUT2D eigenvalue weighted by molar-refractivity contribution is 6.13. The molecule has 0 aliphatic heterocycles. The maximum atomic E-state index is 7.68. The van der Waals surface area contributed by atoms with Crippen LogP contribution in [0.25, 0.3) is 82.1 Å². The number of para-hydroxylation sites is 3. The zero-order chi connectivity index (χ0) is 32.9. The van der Waals surface area contributed by atoms with E-state index in [1.165, 1.54) is 77.0 Å². The lowest BCUT2D eigenvalue weighted by Gasteiger charge is -2.24. The van der Waals surface area contributed by atoms with Gasteiger partial charge in [-0.05, 0) is 81.9 Å². The zero-order valence-electron chi connectivity index (χ0n) is 27.3. The smallest absolute Gasteiger partial charge is 0.187 e. The number of aromatic nitrogens is 2. The lowest BCUT2D eigenvalue weighted by Crippen LogP contribution is -2.16. The second-order valence-electron chi connectivity index (χ2n) is 13.7. The topological polar surface area (TPSA) is 14.2 Å². The molecule has 2 aromatic heterocycles. The summed E-state index contributed by atoms with van der Waals surface area (Å²) in [6.07, 6.45) is 0. The Bertz CT molecular complexity index is 2820. The van der Waals surface area contributed by atoms with Crippen LogP contribution in [0.3, 0.4) is 0 Å². The van der Waals surface area contributed by atoms with Crippen LogP contribution in [0.1, 0.15) is 25.0 Å². The van der Waals surface area contributed by atoms with Crippen molar-refractivity contribution in [3.05, 3.63) is 174 Å². The lowest BCUT2D eigenvalue weighted by atomic mass is 9.81. The molecule has 0 spiro atoms. The first-order chi connectivity index (χ1) is 24.0. The number of hydrogen-bond donors (Lipinski definition) is 0. The highest BCUT2D eigenvalue weighted by atomic mass is 15.0. The molecule has 0 atom stereocenters. The Balaban J connectivity index is 1.19. The first-order valence-corrected chi connectivity index (χ1v) is 16.8. The second kappa shape index (κ2) is 10.1. The minimum atomic E-state index is -0.231. The summed E-state index contributed by atoms with van der Waals surface area (Å²) in [6, 6.07) is 54.7. The third kappa shape index (κ3) is 3.83. The Morgan fingerprint density at radius 1 is 0.490 bits per heavy atom. The molecule has 0 fully saturated rings. The van der Waals surface area contributed by atoms with E-state index in [4.69, 9.17) is 6.57 Å². The van der Waals surface area contributed by atoms with Crippen molar-refractivity contribution in [3.63, 3.8) is 0 Å². The van der Waals surface area contributed by atoms with Crippen LogP contribution in [0.15, 0.2) is 152 Å². The number of nitrogens with zero attached hydrogens (tertiary/aromatic N) is 3. The van der Waals surface area contributed by atoms with Crippen molar-refractivity contribution in [3.8, 4) is 33.6 Å². The van der Waals surface area contributed by atoms with Gasteiger partial charge in [0, 0.05) is 38.3 Å². The highest BCUT2D eigenvalue weighted by Gasteiger charge is 2.38. The normalized spacial score (nSPS) is 13.2. The Labute approximate surface area is 284 Å². The molecule has 1 aliphatic carbocycles. The summed E-state index contributed by atoms with van der Waals surface area (Å²) < 4.78 is 4.85. The van der Waals surface area contributed by atoms with Gasteiger partial charge in [-0.1, -0.05) is 117 Å². The predicted octanol–water partition coefficient (Wildman–Crippen LogP) is 12.4. The van der Waals surface area contributed by atoms with Gasteiger partial charge in [-0.3, -0.25) is 0 Å². The highest BCUT2D eigenvalue weighted by Crippen LogP contribution is 2.53. The molecule has 0 N–H and O–H groups in total. The van der Waals surface area contributed by atoms with E-state index in [1.54, 1.807) is 0 Å². The first kappa shape index (κ1) is 27.7. The van der Waals surface area contributed by atoms with Crippen LogP contribution in [0.5, 0.6) is 0 Å². The number of benzene rings is 7. The van der Waals surface area contributed by atoms with Crippen molar-refractivity contribution in [2.45, 2.75) is 19.3 Å². The molecule has 0 radical (unpaired) electrons. The maximum Gasteiger partial charge on any atom is 0.187 e. The molecular formula is C46H31N3. The van der Waals surface area contributed by atoms with Crippen molar-refractivity contribution >= 4 is 49.3 Å². The van der Waals surface area contributed by atoms with Crippen molar-refractivity contribution in [2.24, 2.45) is 0 Å². The Morgan fingerprint density at radius 2 is 1.04 bits per heavy atom. The Kier molecular flexibility index (Phi) is 5.69. The van der Waals surface area contributed by atoms with Crippen LogP contribution in [-0.4, -0.2) is 9.13 Å². The SMILES string of the molecule is [C-]#[N+]c1ccc2c(c1)-c1ccc3c4ccccc4n(-c4cccc(-c5cccc(-n6c7ccccc7c7ccccc76)c5)c4)c3c1C2(C)C. The van der Waals surface area contributed by atoms with Gasteiger partial charge in [0.15, 0.2) is 5.69 Å². The summed E-state index contributed by atoms with van der Waals surface area (Å²) in [7, 11) is 0. The fraction of sp³-hybridized carbons (Fsp3) is 0.0652. The summed E-state index contributed by atoms with van der Waals surface area (Å²) >= 11 is 0. The average molecular weight is 626 g/mol. The fourth-order valence-electron chi connectivity index (χ4n) is 8.54. The molecule has 49 heavy (non-hydrogen) atoms. The van der Waals surface area contributed by atoms with Gasteiger partial charge in [0.25, 0.3) is 0 Å². The Morgan fingerprint density at radius 3 is 1.65 bits per heavy atom. The quantitative estimate of drug-likeness (QED) is 0.174. The van der Waals surface area contributed by atoms with Gasteiger partial charge in [0.1, 0.15) is 0 Å². The monoisotopic (exact) mass is 625 g/mol. The maximum absolute atomic E-state index is 7.68. The summed E-state index contributed by atoms with van der Waals surface area (Å²) in [4.78, 5) is 3.76. The van der Waals surface area contributed by atoms with Crippen LogP contribution in [0.4, 0.5) is 5.69 Å². The van der Waals surface area contributed by atoms with Gasteiger partial charge in [-0.15, -0.1) is 0 Å². The molecule has 9 aromatic rings. The number of hydrogen-bond acceptors (Lipinski definition) is 0. The summed E-state index contributed by atoms with van der Waals surface area (Å²) in [6.45, 7) is 12.3. The van der Waals surface area contributed by atoms with Crippen LogP contribution in [0.2, 0.25) is 0 Å². The van der Waals surface area contributed by atoms with E-state index in [0.717, 1.165) is 11.4 Å². The van der Waals surface area contributed by atoms with E-state index >= 15 is 0 Å². The molecule has 1 aliphatic rings. The van der Waals surface area contributed by atoms with Crippen LogP contribution >= 0.6 is 0 Å². The molecule has 10 rings (SSSR count). The van der Waals surface area contributed by atoms with E-state index in [2.05, 4.69) is 173 Å². The zero-order valence-corrected chi connectivity index (χ0v) is 27.3. The summed E-state index contributed by atoms with van der Waals surface area (Å²) in [5.41, 5.74) is 14.9. The van der Waals surface area contributed by atoms with Crippen molar-refractivity contribution in [1.82, 2.24) is 9.13 Å². The van der Waals surface area contributed by atoms with Gasteiger partial charge in [-0.2, -0.15) is 0 Å². The summed E-state index contributed by atoms with van der Waals surface area (Å²) in [5, 5.41) is 5.02. The average Bonchev–Trinajstić information content (AvgIpc) is 3.75. The van der Waals surface area contributed by atoms with Gasteiger partial charge >= 0.3 is 0 Å². The standard InChI is InChI=1S/C46H31N3/c1-46(2)40-25-22-31(47-3)28-39(40)37-23-24-38-36-18-6-9-21-43(36)49(45(38)44(37)46)33-15-11-13-30(27-33)29-12-10-14-32(26-29)48-41-19-7-4-16-34(41)35-17-5-8-20-42(35)48/h4-28H,1-2H3. The van der Waals surface area contributed by atoms with Gasteiger partial charge in [0.2, 0.25) is 0 Å². The lowest BCUT2D eigenvalue weighted by molar-refractivity contribution is 0.664. The molecule has 7 aromatic carbocycles. The minimum Gasteiger partial charge on any atom is -0.309 e. The van der Waals surface area contributed by atoms with E-state index < -0.39 is 0 Å². The van der Waals surface area contributed by atoms with Crippen molar-refractivity contribution in [1.29, 1.82) is 0 Å². The first-order valence-electron chi connectivity index (χ1n) is 16.8. The third-order valence-electron chi connectivity index (χ3n) is 10.7. The molecule has 0 saturated heterocycles. The van der Waals surface area contributed by atoms with Crippen molar-refractivity contribution in [2.75, 3.05) is 0 Å². The van der Waals surface area contributed by atoms with E-state index in [-0.39, 0.29) is 5.41 Å². The van der Waals surface area contributed by atoms with E-state index in [1.807, 2.05) is 6.07 Å². The van der Waals surface area contributed by atoms with Gasteiger partial charge in [-0.25, -0.2) is 4.85 Å². The number of fused-ring (bicyclic) bond motifs is 10. The predicted molar refractivity (Wildman–Crippen MR) is 204 cm³/mol. The van der Waals surface area contributed by atoms with Crippen LogP contribution in [-0.2, 0) is 5.41 Å². The molecule has 3 nitrogen and oxygen atoms in total. The van der Waals surface area contributed by atoms with Crippen LogP contribution < -0.4 is 0 Å². The van der Waals surface area contributed by atoms with Gasteiger partial charge in [0.05, 0.1) is 28.6 Å². The molecular weight excluding hydrogens is 595 g/mol.